The van der Waals surface area contributed by atoms with Crippen LogP contribution in [0, 0.1) is 11.7 Å². The maximum absolute atomic E-state index is 14.2. The lowest BCUT2D eigenvalue weighted by Crippen LogP contribution is -2.20. The van der Waals surface area contributed by atoms with Gasteiger partial charge in [0.15, 0.2) is 11.6 Å². The zero-order valence-electron chi connectivity index (χ0n) is 15.2. The fraction of sp³-hybridized carbons (Fsp3) is 0.286. The van der Waals surface area contributed by atoms with E-state index in [2.05, 4.69) is 15.5 Å². The van der Waals surface area contributed by atoms with Gasteiger partial charge in [-0.25, -0.2) is 4.39 Å². The number of benzene rings is 2. The molecule has 2 heterocycles. The van der Waals surface area contributed by atoms with Gasteiger partial charge < -0.3 is 5.32 Å². The van der Waals surface area contributed by atoms with Gasteiger partial charge in [-0.05, 0) is 49.6 Å². The Kier molecular flexibility index (Phi) is 4.45. The maximum atomic E-state index is 14.2. The zero-order chi connectivity index (χ0) is 19.1. The number of halogens is 2. The van der Waals surface area contributed by atoms with E-state index in [1.54, 1.807) is 6.07 Å². The minimum absolute atomic E-state index is 0.316. The van der Waals surface area contributed by atoms with Crippen LogP contribution in [-0.2, 0) is 13.1 Å². The summed E-state index contributed by atoms with van der Waals surface area (Å²) in [6, 6.07) is 12.2. The van der Waals surface area contributed by atoms with Crippen LogP contribution in [0.25, 0.3) is 5.69 Å². The molecule has 1 saturated carbocycles. The van der Waals surface area contributed by atoms with E-state index in [0.717, 1.165) is 35.4 Å². The molecule has 142 valence electrons. The average molecular weight is 396 g/mol. The van der Waals surface area contributed by atoms with Gasteiger partial charge in [0, 0.05) is 16.1 Å². The molecule has 1 fully saturated rings. The third-order valence-corrected chi connectivity index (χ3v) is 5.50. The second-order valence-corrected chi connectivity index (χ2v) is 7.66. The highest BCUT2D eigenvalue weighted by Crippen LogP contribution is 2.30. The van der Waals surface area contributed by atoms with Crippen LogP contribution in [0.3, 0.4) is 0 Å². The molecule has 1 aliphatic heterocycles. The van der Waals surface area contributed by atoms with E-state index in [4.69, 9.17) is 16.6 Å². The quantitative estimate of drug-likeness (QED) is 0.712. The van der Waals surface area contributed by atoms with Crippen molar-refractivity contribution in [2.75, 3.05) is 6.54 Å². The molecule has 7 heteroatoms. The van der Waals surface area contributed by atoms with Crippen LogP contribution < -0.4 is 5.32 Å². The van der Waals surface area contributed by atoms with Crippen LogP contribution in [0.2, 0.25) is 5.02 Å². The van der Waals surface area contributed by atoms with Gasteiger partial charge in [0.2, 0.25) is 0 Å². The van der Waals surface area contributed by atoms with Crippen LogP contribution in [0.15, 0.2) is 47.5 Å². The van der Waals surface area contributed by atoms with Gasteiger partial charge in [0.25, 0.3) is 0 Å². The topological polar surface area (TPSA) is 55.1 Å². The molecule has 1 aliphatic carbocycles. The molecule has 1 aromatic heterocycles. The highest BCUT2D eigenvalue weighted by molar-refractivity contribution is 6.35. The predicted molar refractivity (Wildman–Crippen MR) is 107 cm³/mol. The van der Waals surface area contributed by atoms with Crippen LogP contribution in [0.1, 0.15) is 35.6 Å². The number of hydrogen-bond donors (Lipinski definition) is 1. The van der Waals surface area contributed by atoms with Crippen molar-refractivity contribution in [3.63, 3.8) is 0 Å². The van der Waals surface area contributed by atoms with Crippen molar-refractivity contribution < 1.29 is 4.39 Å². The van der Waals surface area contributed by atoms with Crippen molar-refractivity contribution >= 4 is 17.3 Å². The second kappa shape index (κ2) is 7.11. The Labute approximate surface area is 167 Å². The Morgan fingerprint density at radius 2 is 1.96 bits per heavy atom. The Morgan fingerprint density at radius 3 is 2.79 bits per heavy atom. The molecule has 0 bridgehead atoms. The predicted octanol–water partition coefficient (Wildman–Crippen LogP) is 3.91. The number of hydrogen-bond acceptors (Lipinski definition) is 4. The fourth-order valence-electron chi connectivity index (χ4n) is 3.57. The zero-order valence-corrected chi connectivity index (χ0v) is 16.0. The lowest BCUT2D eigenvalue weighted by Gasteiger charge is -2.14. The number of nitrogens with zero attached hydrogens (tertiary/aromatic N) is 4. The Balaban J connectivity index is 1.59. The van der Waals surface area contributed by atoms with Gasteiger partial charge >= 0.3 is 0 Å². The van der Waals surface area contributed by atoms with Crippen LogP contribution >= 0.6 is 11.6 Å². The van der Waals surface area contributed by atoms with Crippen molar-refractivity contribution in [3.8, 4) is 5.69 Å². The summed E-state index contributed by atoms with van der Waals surface area (Å²) >= 11 is 6.42. The molecule has 5 rings (SSSR count). The minimum atomic E-state index is -0.316. The Bertz CT molecular complexity index is 1070. The van der Waals surface area contributed by atoms with Gasteiger partial charge in [-0.3, -0.25) is 9.56 Å². The summed E-state index contributed by atoms with van der Waals surface area (Å²) in [7, 11) is 0. The third kappa shape index (κ3) is 3.23. The summed E-state index contributed by atoms with van der Waals surface area (Å²) in [5.41, 5.74) is 2.96. The van der Waals surface area contributed by atoms with E-state index < -0.39 is 0 Å². The summed E-state index contributed by atoms with van der Waals surface area (Å²) in [4.78, 5) is 4.73. The molecular weight excluding hydrogens is 377 g/mol. The number of nitrogens with one attached hydrogen (secondary N) is 1. The number of rotatable bonds is 5. The van der Waals surface area contributed by atoms with Gasteiger partial charge in [-0.15, -0.1) is 10.2 Å². The minimum Gasteiger partial charge on any atom is -0.310 e. The molecule has 0 atom stereocenters. The van der Waals surface area contributed by atoms with Crippen LogP contribution in [0.4, 0.5) is 4.39 Å². The molecule has 2 aliphatic rings. The molecule has 3 aromatic rings. The molecule has 0 radical (unpaired) electrons. The van der Waals surface area contributed by atoms with Crippen LogP contribution in [0.5, 0.6) is 0 Å². The lowest BCUT2D eigenvalue weighted by atomic mass is 10.00. The molecule has 0 spiro atoms. The average Bonchev–Trinajstić information content (AvgIpc) is 3.45. The summed E-state index contributed by atoms with van der Waals surface area (Å²) in [6.45, 7) is 1.95. The largest absolute Gasteiger partial charge is 0.310 e. The first-order valence-corrected chi connectivity index (χ1v) is 9.82. The van der Waals surface area contributed by atoms with E-state index in [-0.39, 0.29) is 5.82 Å². The Hall–Kier alpha value is -2.57. The standard InChI is InChI=1S/C21H19ClFN5/c22-17-4-2-1-3-15(17)21-16-9-14(23)7-8-18(16)28-19(11-24-10-13-5-6-13)26-27-20(28)12-25-21/h1-4,7-9,13,24H,5-6,10-12H2. The van der Waals surface area contributed by atoms with E-state index in [0.29, 0.717) is 29.4 Å². The molecule has 0 amide bonds. The first-order valence-electron chi connectivity index (χ1n) is 9.44. The molecule has 0 saturated heterocycles. The van der Waals surface area contributed by atoms with Crippen molar-refractivity contribution in [2.24, 2.45) is 10.9 Å². The van der Waals surface area contributed by atoms with Crippen molar-refractivity contribution in [1.29, 1.82) is 0 Å². The number of aliphatic imine (C=N–C) groups is 1. The highest BCUT2D eigenvalue weighted by Gasteiger charge is 2.25. The van der Waals surface area contributed by atoms with Gasteiger partial charge in [0.05, 0.1) is 17.9 Å². The number of aromatic nitrogens is 3. The van der Waals surface area contributed by atoms with E-state index in [9.17, 15) is 4.39 Å². The molecule has 0 unspecified atom stereocenters. The summed E-state index contributed by atoms with van der Waals surface area (Å²) in [5, 5.41) is 12.7. The van der Waals surface area contributed by atoms with Crippen molar-refractivity contribution in [3.05, 3.63) is 76.1 Å². The first kappa shape index (κ1) is 17.5. The summed E-state index contributed by atoms with van der Waals surface area (Å²) < 4.78 is 16.2. The summed E-state index contributed by atoms with van der Waals surface area (Å²) in [6.07, 6.45) is 2.59. The second-order valence-electron chi connectivity index (χ2n) is 7.25. The fourth-order valence-corrected chi connectivity index (χ4v) is 3.80. The number of fused-ring (bicyclic) bond motifs is 3. The lowest BCUT2D eigenvalue weighted by molar-refractivity contribution is 0.609. The molecule has 2 aromatic carbocycles. The Morgan fingerprint density at radius 1 is 1.11 bits per heavy atom. The normalized spacial score (nSPS) is 15.6. The highest BCUT2D eigenvalue weighted by atomic mass is 35.5. The summed E-state index contributed by atoms with van der Waals surface area (Å²) in [5.74, 6) is 2.00. The van der Waals surface area contributed by atoms with E-state index in [1.165, 1.54) is 25.0 Å². The van der Waals surface area contributed by atoms with Crippen LogP contribution in [-0.4, -0.2) is 27.0 Å². The van der Waals surface area contributed by atoms with Gasteiger partial charge in [-0.2, -0.15) is 0 Å². The first-order chi connectivity index (χ1) is 13.7. The molecule has 5 nitrogen and oxygen atoms in total. The molecule has 28 heavy (non-hydrogen) atoms. The maximum Gasteiger partial charge on any atom is 0.159 e. The van der Waals surface area contributed by atoms with Crippen molar-refractivity contribution in [1.82, 2.24) is 20.1 Å². The molecule has 1 N–H and O–H groups in total. The van der Waals surface area contributed by atoms with E-state index >= 15 is 0 Å². The van der Waals surface area contributed by atoms with Gasteiger partial charge in [-0.1, -0.05) is 29.8 Å². The third-order valence-electron chi connectivity index (χ3n) is 5.17. The van der Waals surface area contributed by atoms with Crippen molar-refractivity contribution in [2.45, 2.75) is 25.9 Å². The monoisotopic (exact) mass is 395 g/mol. The SMILES string of the molecule is Fc1ccc2c(c1)C(c1ccccc1Cl)=NCc1nnc(CNCC3CC3)n1-2. The molecular formula is C21H19ClFN5. The smallest absolute Gasteiger partial charge is 0.159 e. The van der Waals surface area contributed by atoms with E-state index in [1.807, 2.05) is 28.8 Å². The van der Waals surface area contributed by atoms with Gasteiger partial charge in [0.1, 0.15) is 12.4 Å².